The summed E-state index contributed by atoms with van der Waals surface area (Å²) < 4.78 is 13.2. The number of carbonyl (C=O) groups excluding carboxylic acids is 1. The zero-order valence-corrected chi connectivity index (χ0v) is 15.9. The van der Waals surface area contributed by atoms with Gasteiger partial charge in [0.25, 0.3) is 5.91 Å². The van der Waals surface area contributed by atoms with Gasteiger partial charge in [0.2, 0.25) is 0 Å². The van der Waals surface area contributed by atoms with Gasteiger partial charge in [0, 0.05) is 23.5 Å². The molecule has 5 N–H and O–H groups in total. The van der Waals surface area contributed by atoms with E-state index in [0.29, 0.717) is 24.7 Å². The number of halogens is 1. The summed E-state index contributed by atoms with van der Waals surface area (Å²) >= 11 is 0. The van der Waals surface area contributed by atoms with Crippen molar-refractivity contribution in [2.24, 2.45) is 11.7 Å². The average Bonchev–Trinajstić information content (AvgIpc) is 3.31. The molecule has 1 amide bonds. The molecule has 1 aromatic heterocycles. The Balaban J connectivity index is 1.52. The predicted octanol–water partition coefficient (Wildman–Crippen LogP) is 2.95. The number of hydrogen-bond acceptors (Lipinski definition) is 3. The molecule has 5 nitrogen and oxygen atoms in total. The van der Waals surface area contributed by atoms with Gasteiger partial charge >= 0.3 is 0 Å². The monoisotopic (exact) mass is 380 g/mol. The van der Waals surface area contributed by atoms with E-state index in [1.165, 1.54) is 12.1 Å². The highest BCUT2D eigenvalue weighted by molar-refractivity contribution is 6.01. The fourth-order valence-corrected chi connectivity index (χ4v) is 3.93. The molecule has 2 heterocycles. The molecule has 0 unspecified atom stereocenters. The fraction of sp³-hybridized carbons (Fsp3) is 0.318. The van der Waals surface area contributed by atoms with Crippen LogP contribution in [-0.2, 0) is 0 Å². The number of hydrogen-bond donors (Lipinski definition) is 4. The van der Waals surface area contributed by atoms with E-state index < -0.39 is 0 Å². The minimum Gasteiger partial charge on any atom is -0.350 e. The second kappa shape index (κ2) is 7.73. The van der Waals surface area contributed by atoms with Crippen molar-refractivity contribution in [2.75, 3.05) is 19.6 Å². The Morgan fingerprint density at radius 3 is 2.68 bits per heavy atom. The van der Waals surface area contributed by atoms with Crippen LogP contribution in [-0.4, -0.2) is 36.6 Å². The molecule has 1 fully saturated rings. The number of nitrogens with two attached hydrogens (primary N) is 1. The number of amides is 1. The standard InChI is InChI=1S/C22H25FN4O/c1-13-19-7-4-16(15-2-5-17(23)6-3-15)9-20(19)27-21(13)22(28)26-12-18-8-14(10-24)11-25-18/h2-7,9,14,18,25,27H,8,10-12,24H2,1H3,(H,26,28)/t14-,18+/m1/s1. The fourth-order valence-electron chi connectivity index (χ4n) is 3.93. The first-order valence-electron chi connectivity index (χ1n) is 9.65. The third-order valence-electron chi connectivity index (χ3n) is 5.62. The van der Waals surface area contributed by atoms with Gasteiger partial charge in [-0.05, 0) is 67.2 Å². The molecule has 0 radical (unpaired) electrons. The molecule has 6 heteroatoms. The SMILES string of the molecule is Cc1c(C(=O)NC[C@@H]2C[C@H](CN)CN2)[nH]c2cc(-c3ccc(F)cc3)ccc12. The van der Waals surface area contributed by atoms with Crippen LogP contribution >= 0.6 is 0 Å². The minimum atomic E-state index is -0.256. The molecule has 2 aromatic carbocycles. The Bertz CT molecular complexity index is 996. The molecule has 0 saturated carbocycles. The van der Waals surface area contributed by atoms with Crippen LogP contribution in [0.1, 0.15) is 22.5 Å². The average molecular weight is 380 g/mol. The van der Waals surface area contributed by atoms with Gasteiger partial charge in [-0.3, -0.25) is 4.79 Å². The Labute approximate surface area is 163 Å². The van der Waals surface area contributed by atoms with Crippen LogP contribution in [0, 0.1) is 18.7 Å². The highest BCUT2D eigenvalue weighted by atomic mass is 19.1. The third-order valence-corrected chi connectivity index (χ3v) is 5.62. The molecule has 1 saturated heterocycles. The van der Waals surface area contributed by atoms with Crippen LogP contribution < -0.4 is 16.4 Å². The van der Waals surface area contributed by atoms with Crippen LogP contribution in [0.5, 0.6) is 0 Å². The topological polar surface area (TPSA) is 82.9 Å². The van der Waals surface area contributed by atoms with Gasteiger partial charge < -0.3 is 21.4 Å². The van der Waals surface area contributed by atoms with Gasteiger partial charge in [-0.2, -0.15) is 0 Å². The van der Waals surface area contributed by atoms with E-state index in [-0.39, 0.29) is 17.8 Å². The summed E-state index contributed by atoms with van der Waals surface area (Å²) in [6.07, 6.45) is 0.990. The number of carbonyl (C=O) groups is 1. The Morgan fingerprint density at radius 2 is 1.96 bits per heavy atom. The smallest absolute Gasteiger partial charge is 0.268 e. The van der Waals surface area contributed by atoms with Crippen LogP contribution in [0.25, 0.3) is 22.0 Å². The van der Waals surface area contributed by atoms with E-state index in [2.05, 4.69) is 15.6 Å². The summed E-state index contributed by atoms with van der Waals surface area (Å²) in [6, 6.07) is 12.7. The largest absolute Gasteiger partial charge is 0.350 e. The number of nitrogens with one attached hydrogen (secondary N) is 3. The number of aromatic amines is 1. The zero-order valence-electron chi connectivity index (χ0n) is 15.9. The number of aromatic nitrogens is 1. The van der Waals surface area contributed by atoms with Gasteiger partial charge in [-0.1, -0.05) is 24.3 Å². The minimum absolute atomic E-state index is 0.102. The number of rotatable bonds is 5. The first kappa shape index (κ1) is 18.7. The molecular weight excluding hydrogens is 355 g/mol. The van der Waals surface area contributed by atoms with Gasteiger partial charge in [0.15, 0.2) is 0 Å². The maximum absolute atomic E-state index is 13.2. The van der Waals surface area contributed by atoms with Crippen LogP contribution in [0.15, 0.2) is 42.5 Å². The normalized spacial score (nSPS) is 19.2. The third kappa shape index (κ3) is 3.66. The molecule has 1 aliphatic rings. The van der Waals surface area contributed by atoms with E-state index in [1.54, 1.807) is 12.1 Å². The van der Waals surface area contributed by atoms with Crippen LogP contribution in [0.4, 0.5) is 4.39 Å². The van der Waals surface area contributed by atoms with Crippen molar-refractivity contribution < 1.29 is 9.18 Å². The highest BCUT2D eigenvalue weighted by Crippen LogP contribution is 2.28. The van der Waals surface area contributed by atoms with Crippen molar-refractivity contribution >= 4 is 16.8 Å². The maximum atomic E-state index is 13.2. The Kier molecular flexibility index (Phi) is 5.15. The lowest BCUT2D eigenvalue weighted by Crippen LogP contribution is -2.37. The molecule has 1 aliphatic heterocycles. The van der Waals surface area contributed by atoms with E-state index in [0.717, 1.165) is 40.6 Å². The molecule has 0 bridgehead atoms. The molecule has 4 rings (SSSR count). The molecular formula is C22H25FN4O. The second-order valence-corrected chi connectivity index (χ2v) is 7.54. The molecule has 0 spiro atoms. The summed E-state index contributed by atoms with van der Waals surface area (Å²) in [5, 5.41) is 7.44. The van der Waals surface area contributed by atoms with Crippen LogP contribution in [0.2, 0.25) is 0 Å². The lowest BCUT2D eigenvalue weighted by atomic mass is 10.0. The summed E-state index contributed by atoms with van der Waals surface area (Å²) in [7, 11) is 0. The highest BCUT2D eigenvalue weighted by Gasteiger charge is 2.24. The van der Waals surface area contributed by atoms with Crippen molar-refractivity contribution in [2.45, 2.75) is 19.4 Å². The summed E-state index contributed by atoms with van der Waals surface area (Å²) in [6.45, 7) is 4.12. The summed E-state index contributed by atoms with van der Waals surface area (Å²) in [5.74, 6) is 0.130. The van der Waals surface area contributed by atoms with E-state index in [1.807, 2.05) is 25.1 Å². The number of fused-ring (bicyclic) bond motifs is 1. The van der Waals surface area contributed by atoms with Crippen molar-refractivity contribution in [3.63, 3.8) is 0 Å². The lowest BCUT2D eigenvalue weighted by Gasteiger charge is -2.11. The summed E-state index contributed by atoms with van der Waals surface area (Å²) in [5.41, 5.74) is 10.0. The number of aryl methyl sites for hydroxylation is 1. The predicted molar refractivity (Wildman–Crippen MR) is 110 cm³/mol. The van der Waals surface area contributed by atoms with Crippen molar-refractivity contribution in [1.82, 2.24) is 15.6 Å². The second-order valence-electron chi connectivity index (χ2n) is 7.54. The zero-order chi connectivity index (χ0) is 19.7. The molecule has 2 atom stereocenters. The van der Waals surface area contributed by atoms with Gasteiger partial charge in [0.1, 0.15) is 11.5 Å². The first-order valence-corrected chi connectivity index (χ1v) is 9.65. The molecule has 146 valence electrons. The molecule has 0 aliphatic carbocycles. The number of H-pyrrole nitrogens is 1. The van der Waals surface area contributed by atoms with E-state index in [4.69, 9.17) is 5.73 Å². The first-order chi connectivity index (χ1) is 13.5. The van der Waals surface area contributed by atoms with Crippen molar-refractivity contribution in [3.8, 4) is 11.1 Å². The molecule has 3 aromatic rings. The maximum Gasteiger partial charge on any atom is 0.268 e. The molecule has 28 heavy (non-hydrogen) atoms. The van der Waals surface area contributed by atoms with E-state index >= 15 is 0 Å². The van der Waals surface area contributed by atoms with Gasteiger partial charge in [0.05, 0.1) is 0 Å². The lowest BCUT2D eigenvalue weighted by molar-refractivity contribution is 0.0945. The quantitative estimate of drug-likeness (QED) is 0.549. The van der Waals surface area contributed by atoms with Gasteiger partial charge in [-0.15, -0.1) is 0 Å². The Hall–Kier alpha value is -2.70. The van der Waals surface area contributed by atoms with Crippen LogP contribution in [0.3, 0.4) is 0 Å². The van der Waals surface area contributed by atoms with Crippen molar-refractivity contribution in [1.29, 1.82) is 0 Å². The van der Waals surface area contributed by atoms with Crippen molar-refractivity contribution in [3.05, 3.63) is 59.5 Å². The number of benzene rings is 2. The van der Waals surface area contributed by atoms with Gasteiger partial charge in [-0.25, -0.2) is 4.39 Å². The van der Waals surface area contributed by atoms with E-state index in [9.17, 15) is 9.18 Å². The Morgan fingerprint density at radius 1 is 1.21 bits per heavy atom. The summed E-state index contributed by atoms with van der Waals surface area (Å²) in [4.78, 5) is 16.0.